The summed E-state index contributed by atoms with van der Waals surface area (Å²) in [7, 11) is 1.56. The number of hydrogen-bond acceptors (Lipinski definition) is 3. The molecule has 2 aromatic rings. The largest absolute Gasteiger partial charge is 0.497 e. The van der Waals surface area contributed by atoms with Gasteiger partial charge in [-0.2, -0.15) is 0 Å². The Balaban J connectivity index is 0.00000242. The Morgan fingerprint density at radius 2 is 1.55 bits per heavy atom. The lowest BCUT2D eigenvalue weighted by atomic mass is 9.80. The summed E-state index contributed by atoms with van der Waals surface area (Å²) in [5.74, 6) is -2.36. The number of nitrogens with two attached hydrogens (primary N) is 1. The third-order valence-corrected chi connectivity index (χ3v) is 3.71. The molecule has 22 heavy (non-hydrogen) atoms. The van der Waals surface area contributed by atoms with Gasteiger partial charge in [0, 0.05) is 13.3 Å². The van der Waals surface area contributed by atoms with Crippen LogP contribution in [-0.2, 0) is 12.0 Å². The molecular formula is C17H22F2N2O. The number of methoxy groups -OCH3 is 1. The van der Waals surface area contributed by atoms with E-state index in [1.54, 1.807) is 61.7 Å². The van der Waals surface area contributed by atoms with Gasteiger partial charge < -0.3 is 16.6 Å². The summed E-state index contributed by atoms with van der Waals surface area (Å²) in [6, 6.07) is 15.5. The highest BCUT2D eigenvalue weighted by molar-refractivity contribution is 5.33. The molecule has 0 radical (unpaired) electrons. The Kier molecular flexibility index (Phi) is 5.63. The summed E-state index contributed by atoms with van der Waals surface area (Å²) in [6.07, 6.45) is 0.0461. The van der Waals surface area contributed by atoms with Crippen LogP contribution in [0.3, 0.4) is 0 Å². The molecule has 0 amide bonds. The molecule has 5 heteroatoms. The number of hydrogen-bond donors (Lipinski definition) is 2. The van der Waals surface area contributed by atoms with Crippen LogP contribution in [0.1, 0.15) is 18.1 Å². The van der Waals surface area contributed by atoms with E-state index in [4.69, 9.17) is 10.5 Å². The zero-order valence-electron chi connectivity index (χ0n) is 12.9. The minimum atomic E-state index is -3.05. The quantitative estimate of drug-likeness (QED) is 0.879. The molecule has 0 aromatic heterocycles. The van der Waals surface area contributed by atoms with Crippen molar-refractivity contribution in [1.82, 2.24) is 6.15 Å². The van der Waals surface area contributed by atoms with Gasteiger partial charge in [-0.25, -0.2) is 8.78 Å². The zero-order chi connectivity index (χ0) is 15.5. The summed E-state index contributed by atoms with van der Waals surface area (Å²) in [6.45, 7) is 0.865. The molecule has 0 spiro atoms. The highest BCUT2D eigenvalue weighted by atomic mass is 19.3. The van der Waals surface area contributed by atoms with Crippen molar-refractivity contribution >= 4 is 0 Å². The lowest BCUT2D eigenvalue weighted by Crippen LogP contribution is -2.52. The monoisotopic (exact) mass is 308 g/mol. The third-order valence-electron chi connectivity index (χ3n) is 3.71. The molecule has 2 aromatic carbocycles. The van der Waals surface area contributed by atoms with E-state index in [9.17, 15) is 8.78 Å². The van der Waals surface area contributed by atoms with Crippen molar-refractivity contribution < 1.29 is 13.5 Å². The number of rotatable bonds is 5. The van der Waals surface area contributed by atoms with E-state index in [1.807, 2.05) is 0 Å². The average Bonchev–Trinajstić information content (AvgIpc) is 2.47. The molecule has 3 nitrogen and oxygen atoms in total. The first-order chi connectivity index (χ1) is 9.87. The maximum Gasteiger partial charge on any atom is 0.267 e. The maximum atomic E-state index is 14.1. The van der Waals surface area contributed by atoms with Crippen molar-refractivity contribution in [1.29, 1.82) is 0 Å². The summed E-state index contributed by atoms with van der Waals surface area (Å²) in [5, 5.41) is 0. The smallest absolute Gasteiger partial charge is 0.267 e. The van der Waals surface area contributed by atoms with E-state index < -0.39 is 11.5 Å². The third kappa shape index (κ3) is 3.61. The Bertz CT molecular complexity index is 582. The normalized spacial score (nSPS) is 13.9. The van der Waals surface area contributed by atoms with Crippen molar-refractivity contribution in [3.8, 4) is 5.75 Å². The van der Waals surface area contributed by atoms with Gasteiger partial charge in [0.15, 0.2) is 0 Å². The Morgan fingerprint density at radius 1 is 1.00 bits per heavy atom. The van der Waals surface area contributed by atoms with Crippen LogP contribution < -0.4 is 16.6 Å². The van der Waals surface area contributed by atoms with Crippen LogP contribution >= 0.6 is 0 Å². The Hall–Kier alpha value is -1.98. The van der Waals surface area contributed by atoms with Gasteiger partial charge in [-0.05, 0) is 23.3 Å². The molecule has 1 atom stereocenters. The molecule has 0 heterocycles. The number of alkyl halides is 2. The molecule has 0 saturated carbocycles. The fraction of sp³-hybridized carbons (Fsp3) is 0.294. The standard InChI is InChI=1S/C17H19F2NO.H3N/c1-16(18,19)17(20,14-6-4-3-5-7-14)12-13-8-10-15(21-2)11-9-13;/h3-11H,12,20H2,1-2H3;1H3. The van der Waals surface area contributed by atoms with Crippen molar-refractivity contribution in [3.63, 3.8) is 0 Å². The van der Waals surface area contributed by atoms with Crippen LogP contribution in [0.5, 0.6) is 5.75 Å². The fourth-order valence-electron chi connectivity index (χ4n) is 2.31. The first-order valence-corrected chi connectivity index (χ1v) is 6.72. The van der Waals surface area contributed by atoms with Crippen molar-refractivity contribution in [3.05, 3.63) is 65.7 Å². The van der Waals surface area contributed by atoms with Gasteiger partial charge in [-0.3, -0.25) is 0 Å². The molecule has 0 aliphatic rings. The average molecular weight is 308 g/mol. The van der Waals surface area contributed by atoms with Crippen molar-refractivity contribution in [2.45, 2.75) is 24.8 Å². The first-order valence-electron chi connectivity index (χ1n) is 6.72. The highest BCUT2D eigenvalue weighted by Gasteiger charge is 2.48. The zero-order valence-corrected chi connectivity index (χ0v) is 12.9. The minimum absolute atomic E-state index is 0. The molecule has 120 valence electrons. The number of ether oxygens (including phenoxy) is 1. The van der Waals surface area contributed by atoms with Crippen molar-refractivity contribution in [2.24, 2.45) is 5.73 Å². The van der Waals surface area contributed by atoms with E-state index in [2.05, 4.69) is 0 Å². The second-order valence-electron chi connectivity index (χ2n) is 5.25. The summed E-state index contributed by atoms with van der Waals surface area (Å²) < 4.78 is 33.3. The lowest BCUT2D eigenvalue weighted by Gasteiger charge is -2.36. The lowest BCUT2D eigenvalue weighted by molar-refractivity contribution is -0.0604. The van der Waals surface area contributed by atoms with Crippen molar-refractivity contribution in [2.75, 3.05) is 7.11 Å². The van der Waals surface area contributed by atoms with Gasteiger partial charge in [0.25, 0.3) is 5.92 Å². The maximum absolute atomic E-state index is 14.1. The van der Waals surface area contributed by atoms with Gasteiger partial charge >= 0.3 is 0 Å². The fourth-order valence-corrected chi connectivity index (χ4v) is 2.31. The van der Waals surface area contributed by atoms with Gasteiger partial charge in [0.05, 0.1) is 7.11 Å². The molecule has 2 rings (SSSR count). The van der Waals surface area contributed by atoms with Crippen LogP contribution in [0.15, 0.2) is 54.6 Å². The molecule has 0 aliphatic carbocycles. The van der Waals surface area contributed by atoms with E-state index in [1.165, 1.54) is 0 Å². The van der Waals surface area contributed by atoms with Crippen LogP contribution in [0.25, 0.3) is 0 Å². The molecule has 0 saturated heterocycles. The van der Waals surface area contributed by atoms with Gasteiger partial charge in [0.2, 0.25) is 0 Å². The van der Waals surface area contributed by atoms with Gasteiger partial charge in [0.1, 0.15) is 11.3 Å². The van der Waals surface area contributed by atoms with Gasteiger partial charge in [-0.1, -0.05) is 42.5 Å². The second kappa shape index (κ2) is 6.85. The first kappa shape index (κ1) is 18.1. The van der Waals surface area contributed by atoms with Crippen LogP contribution in [0, 0.1) is 0 Å². The predicted molar refractivity (Wildman–Crippen MR) is 84.6 cm³/mol. The molecular weight excluding hydrogens is 286 g/mol. The predicted octanol–water partition coefficient (Wildman–Crippen LogP) is 3.91. The topological polar surface area (TPSA) is 70.2 Å². The van der Waals surface area contributed by atoms with Crippen LogP contribution in [-0.4, -0.2) is 13.0 Å². The molecule has 1 unspecified atom stereocenters. The van der Waals surface area contributed by atoms with Gasteiger partial charge in [-0.15, -0.1) is 0 Å². The number of halogens is 2. The van der Waals surface area contributed by atoms with Crippen LogP contribution in [0.4, 0.5) is 8.78 Å². The van der Waals surface area contributed by atoms with Crippen LogP contribution in [0.2, 0.25) is 0 Å². The van der Waals surface area contributed by atoms with E-state index >= 15 is 0 Å². The Labute approximate surface area is 129 Å². The summed E-state index contributed by atoms with van der Waals surface area (Å²) in [5.41, 5.74) is 5.53. The summed E-state index contributed by atoms with van der Waals surface area (Å²) in [4.78, 5) is 0. The highest BCUT2D eigenvalue weighted by Crippen LogP contribution is 2.38. The Morgan fingerprint density at radius 3 is 2.00 bits per heavy atom. The minimum Gasteiger partial charge on any atom is -0.497 e. The summed E-state index contributed by atoms with van der Waals surface area (Å²) >= 11 is 0. The van der Waals surface area contributed by atoms with E-state index in [-0.39, 0.29) is 12.6 Å². The van der Waals surface area contributed by atoms with E-state index in [0.29, 0.717) is 11.3 Å². The SMILES string of the molecule is COc1ccc(CC(N)(c2ccccc2)C(C)(F)F)cc1.N. The van der Waals surface area contributed by atoms with E-state index in [0.717, 1.165) is 12.5 Å². The molecule has 0 aliphatic heterocycles. The second-order valence-corrected chi connectivity index (χ2v) is 5.25. The number of benzene rings is 2. The molecule has 5 N–H and O–H groups in total. The molecule has 0 bridgehead atoms. The molecule has 0 fully saturated rings.